The fraction of sp³-hybridized carbons (Fsp3) is 0.500. The number of aryl methyl sites for hydroxylation is 1. The van der Waals surface area contributed by atoms with E-state index >= 15 is 0 Å². The monoisotopic (exact) mass is 220 g/mol. The predicted octanol–water partition coefficient (Wildman–Crippen LogP) is 3.29. The zero-order chi connectivity index (χ0) is 12.2. The Morgan fingerprint density at radius 3 is 2.12 bits per heavy atom. The number of carboxylic acid groups (broad SMARTS) is 1. The first kappa shape index (κ1) is 12.8. The van der Waals surface area contributed by atoms with E-state index in [1.165, 1.54) is 5.56 Å². The molecular formula is C14H20O2. The molecule has 0 saturated heterocycles. The summed E-state index contributed by atoms with van der Waals surface area (Å²) in [5, 5.41) is 9.04. The molecule has 88 valence electrons. The summed E-state index contributed by atoms with van der Waals surface area (Å²) in [5.74, 6) is -0.745. The first-order chi connectivity index (χ1) is 7.45. The summed E-state index contributed by atoms with van der Waals surface area (Å²) >= 11 is 0. The van der Waals surface area contributed by atoms with Gasteiger partial charge in [-0.1, -0.05) is 37.6 Å². The molecule has 0 aliphatic carbocycles. The molecule has 0 unspecified atom stereocenters. The summed E-state index contributed by atoms with van der Waals surface area (Å²) in [6.45, 7) is 5.67. The molecule has 1 aromatic carbocycles. The molecule has 2 heteroatoms. The van der Waals surface area contributed by atoms with Crippen LogP contribution in [0.5, 0.6) is 0 Å². The van der Waals surface area contributed by atoms with Crippen molar-refractivity contribution in [3.63, 3.8) is 0 Å². The van der Waals surface area contributed by atoms with Gasteiger partial charge < -0.3 is 5.11 Å². The fourth-order valence-electron chi connectivity index (χ4n) is 1.70. The third kappa shape index (κ3) is 3.37. The van der Waals surface area contributed by atoms with Crippen LogP contribution >= 0.6 is 0 Å². The van der Waals surface area contributed by atoms with Crippen LogP contribution in [0.2, 0.25) is 0 Å². The second-order valence-corrected chi connectivity index (χ2v) is 4.93. The van der Waals surface area contributed by atoms with Crippen molar-refractivity contribution in [2.45, 2.75) is 40.0 Å². The molecule has 0 atom stereocenters. The maximum Gasteiger partial charge on any atom is 0.309 e. The van der Waals surface area contributed by atoms with Gasteiger partial charge >= 0.3 is 5.97 Å². The molecule has 1 N–H and O–H groups in total. The van der Waals surface area contributed by atoms with Crippen molar-refractivity contribution in [3.8, 4) is 0 Å². The standard InChI is InChI=1S/C14H20O2/c1-4-5-11-6-8-12(9-7-11)10-14(2,3)13(15)16/h6-9H,4-5,10H2,1-3H3,(H,15,16). The van der Waals surface area contributed by atoms with Gasteiger partial charge in [-0.15, -0.1) is 0 Å². The highest BCUT2D eigenvalue weighted by atomic mass is 16.4. The average Bonchev–Trinajstić information content (AvgIpc) is 2.21. The van der Waals surface area contributed by atoms with Crippen molar-refractivity contribution in [1.82, 2.24) is 0 Å². The van der Waals surface area contributed by atoms with E-state index in [4.69, 9.17) is 5.11 Å². The second kappa shape index (κ2) is 5.15. The van der Waals surface area contributed by atoms with E-state index < -0.39 is 11.4 Å². The minimum Gasteiger partial charge on any atom is -0.481 e. The predicted molar refractivity (Wildman–Crippen MR) is 65.6 cm³/mol. The zero-order valence-electron chi connectivity index (χ0n) is 10.3. The van der Waals surface area contributed by atoms with Gasteiger partial charge in [-0.2, -0.15) is 0 Å². The molecule has 0 aliphatic heterocycles. The Balaban J connectivity index is 2.72. The molecule has 0 bridgehead atoms. The summed E-state index contributed by atoms with van der Waals surface area (Å²) in [6.07, 6.45) is 2.80. The Morgan fingerprint density at radius 1 is 1.19 bits per heavy atom. The Bertz CT molecular complexity index is 350. The van der Waals surface area contributed by atoms with Crippen molar-refractivity contribution in [2.75, 3.05) is 0 Å². The second-order valence-electron chi connectivity index (χ2n) is 4.93. The number of hydrogen-bond acceptors (Lipinski definition) is 1. The van der Waals surface area contributed by atoms with Crippen molar-refractivity contribution in [1.29, 1.82) is 0 Å². The summed E-state index contributed by atoms with van der Waals surface area (Å²) < 4.78 is 0. The first-order valence-corrected chi connectivity index (χ1v) is 5.77. The number of aliphatic carboxylic acids is 1. The van der Waals surface area contributed by atoms with Gasteiger partial charge in [0.05, 0.1) is 5.41 Å². The molecule has 0 radical (unpaired) electrons. The van der Waals surface area contributed by atoms with Crippen molar-refractivity contribution < 1.29 is 9.90 Å². The Hall–Kier alpha value is -1.31. The van der Waals surface area contributed by atoms with Crippen LogP contribution in [0.3, 0.4) is 0 Å². The van der Waals surface area contributed by atoms with Gasteiger partial charge in [0.25, 0.3) is 0 Å². The van der Waals surface area contributed by atoms with Gasteiger partial charge in [0, 0.05) is 0 Å². The smallest absolute Gasteiger partial charge is 0.309 e. The minimum absolute atomic E-state index is 0.578. The normalized spacial score (nSPS) is 11.4. The van der Waals surface area contributed by atoms with Gasteiger partial charge in [-0.05, 0) is 37.8 Å². The SMILES string of the molecule is CCCc1ccc(CC(C)(C)C(=O)O)cc1. The molecule has 0 fully saturated rings. The van der Waals surface area contributed by atoms with Crippen LogP contribution in [0.15, 0.2) is 24.3 Å². The molecule has 1 rings (SSSR count). The van der Waals surface area contributed by atoms with Gasteiger partial charge in [0.2, 0.25) is 0 Å². The number of benzene rings is 1. The summed E-state index contributed by atoms with van der Waals surface area (Å²) in [7, 11) is 0. The van der Waals surface area contributed by atoms with E-state index in [-0.39, 0.29) is 0 Å². The minimum atomic E-state index is -0.745. The molecule has 0 saturated carbocycles. The van der Waals surface area contributed by atoms with Crippen LogP contribution in [0.25, 0.3) is 0 Å². The number of hydrogen-bond donors (Lipinski definition) is 1. The summed E-state index contributed by atoms with van der Waals surface area (Å²) in [5.41, 5.74) is 1.72. The zero-order valence-corrected chi connectivity index (χ0v) is 10.3. The number of carboxylic acids is 1. The maximum atomic E-state index is 11.0. The third-order valence-corrected chi connectivity index (χ3v) is 2.79. The van der Waals surface area contributed by atoms with Gasteiger partial charge in [-0.25, -0.2) is 0 Å². The summed E-state index contributed by atoms with van der Waals surface area (Å²) in [6, 6.07) is 8.26. The van der Waals surface area contributed by atoms with E-state index in [1.807, 2.05) is 12.1 Å². The lowest BCUT2D eigenvalue weighted by Gasteiger charge is -2.19. The van der Waals surface area contributed by atoms with Crippen LogP contribution in [0, 0.1) is 5.41 Å². The van der Waals surface area contributed by atoms with Gasteiger partial charge in [0.1, 0.15) is 0 Å². The molecule has 0 spiro atoms. The van der Waals surface area contributed by atoms with Crippen LogP contribution in [-0.4, -0.2) is 11.1 Å². The number of rotatable bonds is 5. The van der Waals surface area contributed by atoms with Crippen molar-refractivity contribution >= 4 is 5.97 Å². The van der Waals surface area contributed by atoms with E-state index in [2.05, 4.69) is 19.1 Å². The molecule has 0 aliphatic rings. The molecule has 1 aromatic rings. The highest BCUT2D eigenvalue weighted by Gasteiger charge is 2.27. The summed E-state index contributed by atoms with van der Waals surface area (Å²) in [4.78, 5) is 11.0. The van der Waals surface area contributed by atoms with E-state index in [0.29, 0.717) is 6.42 Å². The van der Waals surface area contributed by atoms with E-state index in [1.54, 1.807) is 13.8 Å². The largest absolute Gasteiger partial charge is 0.481 e. The molecule has 0 amide bonds. The molecule has 0 aromatic heterocycles. The quantitative estimate of drug-likeness (QED) is 0.826. The van der Waals surface area contributed by atoms with E-state index in [9.17, 15) is 4.79 Å². The van der Waals surface area contributed by atoms with Crippen LogP contribution in [-0.2, 0) is 17.6 Å². The lowest BCUT2D eigenvalue weighted by molar-refractivity contribution is -0.146. The van der Waals surface area contributed by atoms with Crippen LogP contribution < -0.4 is 0 Å². The Kier molecular flexibility index (Phi) is 4.11. The molecular weight excluding hydrogens is 200 g/mol. The third-order valence-electron chi connectivity index (χ3n) is 2.79. The first-order valence-electron chi connectivity index (χ1n) is 5.77. The van der Waals surface area contributed by atoms with Crippen LogP contribution in [0.4, 0.5) is 0 Å². The average molecular weight is 220 g/mol. The molecule has 2 nitrogen and oxygen atoms in total. The van der Waals surface area contributed by atoms with Gasteiger partial charge in [-0.3, -0.25) is 4.79 Å². The molecule has 16 heavy (non-hydrogen) atoms. The van der Waals surface area contributed by atoms with Crippen molar-refractivity contribution in [2.24, 2.45) is 5.41 Å². The Morgan fingerprint density at radius 2 is 1.69 bits per heavy atom. The van der Waals surface area contributed by atoms with Crippen LogP contribution in [0.1, 0.15) is 38.3 Å². The number of carbonyl (C=O) groups is 1. The lowest BCUT2D eigenvalue weighted by atomic mass is 9.85. The highest BCUT2D eigenvalue weighted by Crippen LogP contribution is 2.22. The lowest BCUT2D eigenvalue weighted by Crippen LogP contribution is -2.26. The topological polar surface area (TPSA) is 37.3 Å². The highest BCUT2D eigenvalue weighted by molar-refractivity contribution is 5.74. The van der Waals surface area contributed by atoms with E-state index in [0.717, 1.165) is 18.4 Å². The fourth-order valence-corrected chi connectivity index (χ4v) is 1.70. The van der Waals surface area contributed by atoms with Gasteiger partial charge in [0.15, 0.2) is 0 Å². The van der Waals surface area contributed by atoms with Crippen molar-refractivity contribution in [3.05, 3.63) is 35.4 Å². The maximum absolute atomic E-state index is 11.0. The Labute approximate surface area is 97.3 Å². The molecule has 0 heterocycles.